The maximum Gasteiger partial charge on any atom is 0.124 e. The molecule has 18 heavy (non-hydrogen) atoms. The SMILES string of the molecule is CC1CC(Oc2ccccc2[C@H](C)N)CC(C)O1. The van der Waals surface area contributed by atoms with Gasteiger partial charge in [-0.05, 0) is 26.8 Å². The molecule has 100 valence electrons. The van der Waals surface area contributed by atoms with Gasteiger partial charge in [0.2, 0.25) is 0 Å². The number of hydrogen-bond acceptors (Lipinski definition) is 3. The van der Waals surface area contributed by atoms with Crippen molar-refractivity contribution >= 4 is 0 Å². The van der Waals surface area contributed by atoms with Crippen molar-refractivity contribution in [3.05, 3.63) is 29.8 Å². The molecule has 1 saturated heterocycles. The van der Waals surface area contributed by atoms with Crippen molar-refractivity contribution in [2.45, 2.75) is 58.0 Å². The van der Waals surface area contributed by atoms with Crippen LogP contribution in [0.15, 0.2) is 24.3 Å². The Labute approximate surface area is 109 Å². The van der Waals surface area contributed by atoms with Crippen LogP contribution in [0.25, 0.3) is 0 Å². The Hall–Kier alpha value is -1.06. The monoisotopic (exact) mass is 249 g/mol. The van der Waals surface area contributed by atoms with Gasteiger partial charge in [-0.1, -0.05) is 18.2 Å². The Balaban J connectivity index is 2.09. The molecule has 1 aromatic rings. The second kappa shape index (κ2) is 5.72. The summed E-state index contributed by atoms with van der Waals surface area (Å²) in [7, 11) is 0. The first-order chi connectivity index (χ1) is 8.56. The van der Waals surface area contributed by atoms with Crippen LogP contribution in [-0.2, 0) is 4.74 Å². The normalized spacial score (nSPS) is 29.9. The maximum atomic E-state index is 6.13. The molecule has 0 saturated carbocycles. The van der Waals surface area contributed by atoms with Gasteiger partial charge in [0.25, 0.3) is 0 Å². The van der Waals surface area contributed by atoms with Crippen LogP contribution >= 0.6 is 0 Å². The maximum absolute atomic E-state index is 6.13. The lowest BCUT2D eigenvalue weighted by atomic mass is 10.0. The minimum absolute atomic E-state index is 0.00381. The molecule has 0 radical (unpaired) electrons. The van der Waals surface area contributed by atoms with Crippen LogP contribution in [0.4, 0.5) is 0 Å². The van der Waals surface area contributed by atoms with Gasteiger partial charge < -0.3 is 15.2 Å². The van der Waals surface area contributed by atoms with Crippen LogP contribution in [0.1, 0.15) is 45.2 Å². The third kappa shape index (κ3) is 3.24. The fraction of sp³-hybridized carbons (Fsp3) is 0.600. The second-order valence-corrected chi connectivity index (χ2v) is 5.30. The highest BCUT2D eigenvalue weighted by Gasteiger charge is 2.26. The van der Waals surface area contributed by atoms with Crippen LogP contribution in [0, 0.1) is 0 Å². The molecule has 1 aliphatic heterocycles. The summed E-state index contributed by atoms with van der Waals surface area (Å²) in [6, 6.07) is 8.03. The van der Waals surface area contributed by atoms with E-state index in [0.717, 1.165) is 24.2 Å². The quantitative estimate of drug-likeness (QED) is 0.895. The summed E-state index contributed by atoms with van der Waals surface area (Å²) in [4.78, 5) is 0. The van der Waals surface area contributed by atoms with Crippen LogP contribution < -0.4 is 10.5 Å². The third-order valence-corrected chi connectivity index (χ3v) is 3.36. The molecule has 3 heteroatoms. The molecule has 1 heterocycles. The van der Waals surface area contributed by atoms with Crippen molar-refractivity contribution in [2.24, 2.45) is 5.73 Å². The average Bonchev–Trinajstić information content (AvgIpc) is 2.27. The van der Waals surface area contributed by atoms with E-state index in [1.54, 1.807) is 0 Å². The van der Waals surface area contributed by atoms with Crippen LogP contribution in [-0.4, -0.2) is 18.3 Å². The summed E-state index contributed by atoms with van der Waals surface area (Å²) in [6.07, 6.45) is 2.64. The lowest BCUT2D eigenvalue weighted by molar-refractivity contribution is -0.0723. The van der Waals surface area contributed by atoms with Gasteiger partial charge >= 0.3 is 0 Å². The molecule has 2 rings (SSSR count). The first-order valence-electron chi connectivity index (χ1n) is 6.73. The van der Waals surface area contributed by atoms with E-state index in [1.165, 1.54) is 0 Å². The highest BCUT2D eigenvalue weighted by molar-refractivity contribution is 5.35. The Morgan fingerprint density at radius 1 is 1.22 bits per heavy atom. The molecule has 0 aromatic heterocycles. The number of nitrogens with two attached hydrogens (primary N) is 1. The Bertz CT molecular complexity index is 382. The summed E-state index contributed by atoms with van der Waals surface area (Å²) >= 11 is 0. The first kappa shape index (κ1) is 13.4. The van der Waals surface area contributed by atoms with Gasteiger partial charge in [-0.15, -0.1) is 0 Å². The van der Waals surface area contributed by atoms with Gasteiger partial charge in [-0.2, -0.15) is 0 Å². The molecule has 1 aromatic carbocycles. The topological polar surface area (TPSA) is 44.5 Å². The fourth-order valence-corrected chi connectivity index (χ4v) is 2.58. The highest BCUT2D eigenvalue weighted by atomic mass is 16.5. The number of ether oxygens (including phenoxy) is 2. The lowest BCUT2D eigenvalue weighted by Crippen LogP contribution is -2.36. The number of benzene rings is 1. The van der Waals surface area contributed by atoms with Gasteiger partial charge in [0.15, 0.2) is 0 Å². The van der Waals surface area contributed by atoms with E-state index in [0.29, 0.717) is 0 Å². The van der Waals surface area contributed by atoms with E-state index in [1.807, 2.05) is 31.2 Å². The summed E-state index contributed by atoms with van der Waals surface area (Å²) in [5.41, 5.74) is 7.04. The average molecular weight is 249 g/mol. The van der Waals surface area contributed by atoms with Crippen molar-refractivity contribution in [3.8, 4) is 5.75 Å². The number of hydrogen-bond donors (Lipinski definition) is 1. The molecule has 1 aliphatic rings. The lowest BCUT2D eigenvalue weighted by Gasteiger charge is -2.33. The van der Waals surface area contributed by atoms with Gasteiger partial charge in [-0.25, -0.2) is 0 Å². The molecule has 3 atom stereocenters. The van der Waals surface area contributed by atoms with Gasteiger partial charge in [-0.3, -0.25) is 0 Å². The van der Waals surface area contributed by atoms with Crippen molar-refractivity contribution in [1.82, 2.24) is 0 Å². The standard InChI is InChI=1S/C15H23NO2/c1-10-8-13(9-11(2)17-10)18-15-7-5-4-6-14(15)12(3)16/h4-7,10-13H,8-9,16H2,1-3H3/t10?,11?,12-,13?/m0/s1. The first-order valence-corrected chi connectivity index (χ1v) is 6.73. The van der Waals surface area contributed by atoms with Gasteiger partial charge in [0, 0.05) is 24.4 Å². The van der Waals surface area contributed by atoms with E-state index < -0.39 is 0 Å². The van der Waals surface area contributed by atoms with Gasteiger partial charge in [0.05, 0.1) is 12.2 Å². The highest BCUT2D eigenvalue weighted by Crippen LogP contribution is 2.28. The molecular weight excluding hydrogens is 226 g/mol. The zero-order chi connectivity index (χ0) is 13.1. The predicted octanol–water partition coefficient (Wildman–Crippen LogP) is 3.04. The molecule has 2 N–H and O–H groups in total. The number of para-hydroxylation sites is 1. The van der Waals surface area contributed by atoms with Crippen LogP contribution in [0.3, 0.4) is 0 Å². The Morgan fingerprint density at radius 2 is 1.83 bits per heavy atom. The zero-order valence-corrected chi connectivity index (χ0v) is 11.4. The number of rotatable bonds is 3. The van der Waals surface area contributed by atoms with E-state index in [-0.39, 0.29) is 24.4 Å². The molecule has 0 spiro atoms. The zero-order valence-electron chi connectivity index (χ0n) is 11.4. The summed E-state index contributed by atoms with van der Waals surface area (Å²) in [6.45, 7) is 6.18. The van der Waals surface area contributed by atoms with Gasteiger partial charge in [0.1, 0.15) is 11.9 Å². The Morgan fingerprint density at radius 3 is 2.44 bits per heavy atom. The van der Waals surface area contributed by atoms with Crippen molar-refractivity contribution in [1.29, 1.82) is 0 Å². The fourth-order valence-electron chi connectivity index (χ4n) is 2.58. The van der Waals surface area contributed by atoms with E-state index >= 15 is 0 Å². The summed E-state index contributed by atoms with van der Waals surface area (Å²) in [5.74, 6) is 0.916. The molecule has 2 unspecified atom stereocenters. The predicted molar refractivity (Wildman–Crippen MR) is 72.7 cm³/mol. The molecule has 0 amide bonds. The largest absolute Gasteiger partial charge is 0.490 e. The molecule has 0 aliphatic carbocycles. The minimum Gasteiger partial charge on any atom is -0.490 e. The molecule has 1 fully saturated rings. The van der Waals surface area contributed by atoms with Crippen molar-refractivity contribution < 1.29 is 9.47 Å². The minimum atomic E-state index is -0.00381. The van der Waals surface area contributed by atoms with Crippen molar-refractivity contribution in [2.75, 3.05) is 0 Å². The van der Waals surface area contributed by atoms with E-state index in [9.17, 15) is 0 Å². The Kier molecular flexibility index (Phi) is 4.25. The smallest absolute Gasteiger partial charge is 0.124 e. The van der Waals surface area contributed by atoms with Crippen molar-refractivity contribution in [3.63, 3.8) is 0 Å². The van der Waals surface area contributed by atoms with E-state index in [4.69, 9.17) is 15.2 Å². The second-order valence-electron chi connectivity index (χ2n) is 5.30. The molecular formula is C15H23NO2. The third-order valence-electron chi connectivity index (χ3n) is 3.36. The summed E-state index contributed by atoms with van der Waals surface area (Å²) < 4.78 is 11.9. The van der Waals surface area contributed by atoms with Crippen LogP contribution in [0.2, 0.25) is 0 Å². The molecule has 3 nitrogen and oxygen atoms in total. The summed E-state index contributed by atoms with van der Waals surface area (Å²) in [5, 5.41) is 0. The van der Waals surface area contributed by atoms with Crippen LogP contribution in [0.5, 0.6) is 5.75 Å². The van der Waals surface area contributed by atoms with E-state index in [2.05, 4.69) is 13.8 Å². The molecule has 0 bridgehead atoms.